The second-order valence-electron chi connectivity index (χ2n) is 5.00. The number of hydrogen-bond donors (Lipinski definition) is 3. The number of carbonyl (C=O) groups excluding carboxylic acids is 1. The molecule has 2 rings (SSSR count). The van der Waals surface area contributed by atoms with Gasteiger partial charge < -0.3 is 16.0 Å². The summed E-state index contributed by atoms with van der Waals surface area (Å²) in [6.45, 7) is 1.83. The lowest BCUT2D eigenvalue weighted by Gasteiger charge is -2.11. The Bertz CT molecular complexity index is 617. The van der Waals surface area contributed by atoms with Gasteiger partial charge in [0.25, 0.3) is 0 Å². The van der Waals surface area contributed by atoms with Crippen molar-refractivity contribution in [2.24, 2.45) is 4.99 Å². The molecule has 0 atom stereocenters. The van der Waals surface area contributed by atoms with Crippen molar-refractivity contribution in [3.63, 3.8) is 0 Å². The highest BCUT2D eigenvalue weighted by molar-refractivity contribution is 14.0. The molecule has 3 N–H and O–H groups in total. The molecule has 0 bridgehead atoms. The van der Waals surface area contributed by atoms with Crippen LogP contribution >= 0.6 is 35.3 Å². The van der Waals surface area contributed by atoms with E-state index in [9.17, 15) is 4.79 Å². The van der Waals surface area contributed by atoms with Crippen molar-refractivity contribution in [3.8, 4) is 0 Å². The van der Waals surface area contributed by atoms with Crippen molar-refractivity contribution in [1.82, 2.24) is 16.0 Å². The molecule has 2 aromatic rings. The number of amides is 1. The SMILES string of the molecule is CN=C(NCCC(=O)NCc1ccccc1)NCc1ccsc1.I. The standard InChI is InChI=1S/C17H22N4OS.HI/c1-18-17(21-12-15-8-10-23-13-15)19-9-7-16(22)20-11-14-5-3-2-4-6-14;/h2-6,8,10,13H,7,9,11-12H2,1H3,(H,20,22)(H2,18,19,21);1H. The van der Waals surface area contributed by atoms with Crippen molar-refractivity contribution in [2.45, 2.75) is 19.5 Å². The lowest BCUT2D eigenvalue weighted by atomic mass is 10.2. The summed E-state index contributed by atoms with van der Waals surface area (Å²) in [5.41, 5.74) is 2.32. The van der Waals surface area contributed by atoms with E-state index in [4.69, 9.17) is 0 Å². The summed E-state index contributed by atoms with van der Waals surface area (Å²) in [5, 5.41) is 13.4. The maximum absolute atomic E-state index is 11.8. The Morgan fingerprint density at radius 3 is 2.46 bits per heavy atom. The Hall–Kier alpha value is -1.61. The Balaban J connectivity index is 0.00000288. The fraction of sp³-hybridized carbons (Fsp3) is 0.294. The zero-order valence-electron chi connectivity index (χ0n) is 13.6. The van der Waals surface area contributed by atoms with Crippen molar-refractivity contribution in [2.75, 3.05) is 13.6 Å². The van der Waals surface area contributed by atoms with E-state index >= 15 is 0 Å². The van der Waals surface area contributed by atoms with Crippen LogP contribution in [0.2, 0.25) is 0 Å². The first-order chi connectivity index (χ1) is 11.3. The number of hydrogen-bond acceptors (Lipinski definition) is 3. The average molecular weight is 458 g/mol. The topological polar surface area (TPSA) is 65.5 Å². The number of aliphatic imine (C=N–C) groups is 1. The smallest absolute Gasteiger partial charge is 0.222 e. The molecule has 0 fully saturated rings. The molecule has 130 valence electrons. The van der Waals surface area contributed by atoms with Crippen LogP contribution in [0.1, 0.15) is 17.5 Å². The van der Waals surface area contributed by atoms with Gasteiger partial charge in [0.1, 0.15) is 0 Å². The first-order valence-electron chi connectivity index (χ1n) is 7.54. The summed E-state index contributed by atoms with van der Waals surface area (Å²) in [6, 6.07) is 12.0. The molecule has 0 aliphatic rings. The highest BCUT2D eigenvalue weighted by Gasteiger charge is 2.03. The van der Waals surface area contributed by atoms with Crippen LogP contribution in [0.3, 0.4) is 0 Å². The van der Waals surface area contributed by atoms with Crippen LogP contribution in [0.25, 0.3) is 0 Å². The Labute approximate surface area is 164 Å². The molecule has 1 amide bonds. The number of nitrogens with zero attached hydrogens (tertiary/aromatic N) is 1. The number of guanidine groups is 1. The van der Waals surface area contributed by atoms with E-state index in [2.05, 4.69) is 32.4 Å². The van der Waals surface area contributed by atoms with Gasteiger partial charge in [-0.1, -0.05) is 30.3 Å². The predicted molar refractivity (Wildman–Crippen MR) is 111 cm³/mol. The van der Waals surface area contributed by atoms with E-state index in [0.29, 0.717) is 25.5 Å². The fourth-order valence-electron chi connectivity index (χ4n) is 1.98. The molecular formula is C17H23IN4OS. The minimum atomic E-state index is 0. The molecule has 24 heavy (non-hydrogen) atoms. The van der Waals surface area contributed by atoms with E-state index < -0.39 is 0 Å². The first kappa shape index (κ1) is 20.4. The van der Waals surface area contributed by atoms with Crippen molar-refractivity contribution >= 4 is 47.2 Å². The second-order valence-corrected chi connectivity index (χ2v) is 5.78. The monoisotopic (exact) mass is 458 g/mol. The molecule has 1 heterocycles. The average Bonchev–Trinajstić information content (AvgIpc) is 3.10. The van der Waals surface area contributed by atoms with Gasteiger partial charge in [-0.15, -0.1) is 24.0 Å². The third-order valence-corrected chi connectivity index (χ3v) is 3.97. The third-order valence-electron chi connectivity index (χ3n) is 3.24. The van der Waals surface area contributed by atoms with E-state index in [-0.39, 0.29) is 29.9 Å². The quantitative estimate of drug-likeness (QED) is 0.340. The molecule has 5 nitrogen and oxygen atoms in total. The number of rotatable bonds is 7. The van der Waals surface area contributed by atoms with Crippen LogP contribution in [0.5, 0.6) is 0 Å². The molecule has 0 radical (unpaired) electrons. The predicted octanol–water partition coefficient (Wildman–Crippen LogP) is 2.74. The largest absolute Gasteiger partial charge is 0.356 e. The van der Waals surface area contributed by atoms with Gasteiger partial charge in [-0.3, -0.25) is 9.79 Å². The van der Waals surface area contributed by atoms with E-state index in [0.717, 1.165) is 12.1 Å². The Morgan fingerprint density at radius 2 is 1.79 bits per heavy atom. The lowest BCUT2D eigenvalue weighted by Crippen LogP contribution is -2.38. The third kappa shape index (κ3) is 7.78. The van der Waals surface area contributed by atoms with Gasteiger partial charge in [-0.05, 0) is 28.0 Å². The fourth-order valence-corrected chi connectivity index (χ4v) is 2.65. The van der Waals surface area contributed by atoms with Crippen LogP contribution in [-0.4, -0.2) is 25.5 Å². The van der Waals surface area contributed by atoms with Gasteiger partial charge in [0.05, 0.1) is 0 Å². The summed E-state index contributed by atoms with van der Waals surface area (Å²) in [6.07, 6.45) is 0.409. The van der Waals surface area contributed by atoms with Crippen LogP contribution in [0.15, 0.2) is 52.2 Å². The van der Waals surface area contributed by atoms with Gasteiger partial charge in [-0.25, -0.2) is 0 Å². The van der Waals surface area contributed by atoms with Crippen LogP contribution in [0, 0.1) is 0 Å². The molecular weight excluding hydrogens is 435 g/mol. The molecule has 0 saturated carbocycles. The molecule has 0 aliphatic heterocycles. The maximum atomic E-state index is 11.8. The highest BCUT2D eigenvalue weighted by atomic mass is 127. The molecule has 0 spiro atoms. The summed E-state index contributed by atoms with van der Waals surface area (Å²) in [5.74, 6) is 0.724. The summed E-state index contributed by atoms with van der Waals surface area (Å²) >= 11 is 1.67. The van der Waals surface area contributed by atoms with Crippen molar-refractivity contribution in [3.05, 3.63) is 58.3 Å². The molecule has 1 aromatic heterocycles. The summed E-state index contributed by atoms with van der Waals surface area (Å²) < 4.78 is 0. The molecule has 0 saturated heterocycles. The number of benzene rings is 1. The lowest BCUT2D eigenvalue weighted by molar-refractivity contribution is -0.121. The second kappa shape index (κ2) is 11.9. The Kier molecular flexibility index (Phi) is 10.1. The maximum Gasteiger partial charge on any atom is 0.222 e. The van der Waals surface area contributed by atoms with Crippen molar-refractivity contribution in [1.29, 1.82) is 0 Å². The zero-order valence-corrected chi connectivity index (χ0v) is 16.8. The van der Waals surface area contributed by atoms with Crippen LogP contribution in [-0.2, 0) is 17.9 Å². The van der Waals surface area contributed by atoms with E-state index in [1.54, 1.807) is 18.4 Å². The highest BCUT2D eigenvalue weighted by Crippen LogP contribution is 2.04. The summed E-state index contributed by atoms with van der Waals surface area (Å²) in [4.78, 5) is 16.0. The van der Waals surface area contributed by atoms with Crippen LogP contribution < -0.4 is 16.0 Å². The van der Waals surface area contributed by atoms with Gasteiger partial charge in [0.15, 0.2) is 5.96 Å². The van der Waals surface area contributed by atoms with Gasteiger partial charge in [0, 0.05) is 33.1 Å². The minimum absolute atomic E-state index is 0. The molecule has 7 heteroatoms. The molecule has 0 unspecified atom stereocenters. The van der Waals surface area contributed by atoms with E-state index in [1.165, 1.54) is 5.56 Å². The van der Waals surface area contributed by atoms with Gasteiger partial charge in [0.2, 0.25) is 5.91 Å². The number of nitrogens with one attached hydrogen (secondary N) is 3. The molecule has 1 aromatic carbocycles. The minimum Gasteiger partial charge on any atom is -0.356 e. The number of thiophene rings is 1. The summed E-state index contributed by atoms with van der Waals surface area (Å²) in [7, 11) is 1.72. The van der Waals surface area contributed by atoms with Crippen LogP contribution in [0.4, 0.5) is 0 Å². The van der Waals surface area contributed by atoms with Gasteiger partial charge in [-0.2, -0.15) is 11.3 Å². The number of carbonyl (C=O) groups is 1. The number of halogens is 1. The Morgan fingerprint density at radius 1 is 1.04 bits per heavy atom. The molecule has 0 aliphatic carbocycles. The zero-order chi connectivity index (χ0) is 16.3. The normalized spacial score (nSPS) is 10.6. The van der Waals surface area contributed by atoms with Crippen molar-refractivity contribution < 1.29 is 4.79 Å². The van der Waals surface area contributed by atoms with Gasteiger partial charge >= 0.3 is 0 Å². The first-order valence-corrected chi connectivity index (χ1v) is 8.48. The van der Waals surface area contributed by atoms with E-state index in [1.807, 2.05) is 35.7 Å².